The molecule has 0 saturated heterocycles. The molecule has 0 fully saturated rings. The second kappa shape index (κ2) is 4.96. The van der Waals surface area contributed by atoms with Crippen LogP contribution in [-0.4, -0.2) is 11.1 Å². The van der Waals surface area contributed by atoms with Crippen molar-refractivity contribution >= 4 is 0 Å². The van der Waals surface area contributed by atoms with Gasteiger partial charge in [-0.25, -0.2) is 0 Å². The van der Waals surface area contributed by atoms with E-state index in [1.165, 1.54) is 0 Å². The van der Waals surface area contributed by atoms with Gasteiger partial charge in [-0.15, -0.1) is 0 Å². The molecule has 1 rings (SSSR count). The van der Waals surface area contributed by atoms with E-state index in [4.69, 9.17) is 5.73 Å². The van der Waals surface area contributed by atoms with Crippen LogP contribution in [0.2, 0.25) is 0 Å². The summed E-state index contributed by atoms with van der Waals surface area (Å²) in [5.41, 5.74) is 6.57. The molecule has 0 saturated carbocycles. The third-order valence-corrected chi connectivity index (χ3v) is 2.24. The minimum Gasteiger partial charge on any atom is -0.330 e. The summed E-state index contributed by atoms with van der Waals surface area (Å²) in [7, 11) is 0. The Morgan fingerprint density at radius 3 is 2.71 bits per heavy atom. The molecule has 14 heavy (non-hydrogen) atoms. The van der Waals surface area contributed by atoms with Crippen LogP contribution in [0.4, 0.5) is 0 Å². The first kappa shape index (κ1) is 11.0. The van der Waals surface area contributed by atoms with Crippen LogP contribution < -0.4 is 11.3 Å². The van der Waals surface area contributed by atoms with E-state index >= 15 is 0 Å². The molecule has 1 aromatic rings. The number of pyridine rings is 1. The number of rotatable bonds is 4. The molecule has 0 amide bonds. The van der Waals surface area contributed by atoms with E-state index in [1.807, 2.05) is 26.1 Å². The van der Waals surface area contributed by atoms with Crippen LogP contribution in [0.25, 0.3) is 0 Å². The lowest BCUT2D eigenvalue weighted by atomic mass is 10.1. The molecule has 0 aliphatic carbocycles. The molecular weight excluding hydrogens is 176 g/mol. The van der Waals surface area contributed by atoms with E-state index < -0.39 is 0 Å². The predicted octanol–water partition coefficient (Wildman–Crippen LogP) is 1.32. The number of nitrogens with two attached hydrogens (primary N) is 1. The topological polar surface area (TPSA) is 48.0 Å². The zero-order valence-electron chi connectivity index (χ0n) is 8.86. The molecular formula is C11H18N2O. The Bertz CT molecular complexity index is 341. The largest absolute Gasteiger partial charge is 0.330 e. The third-order valence-electron chi connectivity index (χ3n) is 2.24. The maximum absolute atomic E-state index is 11.6. The van der Waals surface area contributed by atoms with Crippen LogP contribution >= 0.6 is 0 Å². The van der Waals surface area contributed by atoms with Gasteiger partial charge in [0.15, 0.2) is 0 Å². The predicted molar refractivity (Wildman–Crippen MR) is 58.5 cm³/mol. The lowest BCUT2D eigenvalue weighted by Crippen LogP contribution is -2.20. The summed E-state index contributed by atoms with van der Waals surface area (Å²) in [6.45, 7) is 4.68. The molecule has 0 unspecified atom stereocenters. The number of aryl methyl sites for hydroxylation is 1. The van der Waals surface area contributed by atoms with Crippen LogP contribution in [0.5, 0.6) is 0 Å². The highest BCUT2D eigenvalue weighted by atomic mass is 16.1. The van der Waals surface area contributed by atoms with Crippen LogP contribution in [0.3, 0.4) is 0 Å². The maximum atomic E-state index is 11.6. The average Bonchev–Trinajstić information content (AvgIpc) is 2.14. The highest BCUT2D eigenvalue weighted by Crippen LogP contribution is 2.03. The molecule has 1 aromatic heterocycles. The monoisotopic (exact) mass is 194 g/mol. The fraction of sp³-hybridized carbons (Fsp3) is 0.545. The van der Waals surface area contributed by atoms with E-state index in [0.29, 0.717) is 6.54 Å². The fourth-order valence-electron chi connectivity index (χ4n) is 1.42. The smallest absolute Gasteiger partial charge is 0.251 e. The van der Waals surface area contributed by atoms with E-state index in [0.717, 1.165) is 18.4 Å². The van der Waals surface area contributed by atoms with E-state index in [-0.39, 0.29) is 11.6 Å². The molecule has 0 spiro atoms. The van der Waals surface area contributed by atoms with Gasteiger partial charge in [0.1, 0.15) is 0 Å². The van der Waals surface area contributed by atoms with Gasteiger partial charge in [0, 0.05) is 18.3 Å². The van der Waals surface area contributed by atoms with Crippen molar-refractivity contribution in [2.24, 2.45) is 5.73 Å². The van der Waals surface area contributed by atoms with Gasteiger partial charge in [-0.1, -0.05) is 0 Å². The molecule has 0 atom stereocenters. The number of hydrogen-bond donors (Lipinski definition) is 1. The van der Waals surface area contributed by atoms with Crippen molar-refractivity contribution in [2.45, 2.75) is 32.7 Å². The summed E-state index contributed by atoms with van der Waals surface area (Å²) in [6, 6.07) is 3.93. The van der Waals surface area contributed by atoms with Gasteiger partial charge in [0.05, 0.1) is 0 Å². The second-order valence-electron chi connectivity index (χ2n) is 3.77. The van der Waals surface area contributed by atoms with Gasteiger partial charge in [-0.3, -0.25) is 4.79 Å². The summed E-state index contributed by atoms with van der Waals surface area (Å²) < 4.78 is 1.73. The van der Waals surface area contributed by atoms with E-state index in [2.05, 4.69) is 0 Å². The highest BCUT2D eigenvalue weighted by Gasteiger charge is 2.01. The fourth-order valence-corrected chi connectivity index (χ4v) is 1.42. The van der Waals surface area contributed by atoms with Crippen molar-refractivity contribution < 1.29 is 0 Å². The minimum absolute atomic E-state index is 0.0783. The molecule has 78 valence electrons. The lowest BCUT2D eigenvalue weighted by molar-refractivity contribution is 0.576. The molecule has 1 heterocycles. The van der Waals surface area contributed by atoms with Crippen molar-refractivity contribution in [2.75, 3.05) is 6.54 Å². The third kappa shape index (κ3) is 2.70. The Kier molecular flexibility index (Phi) is 3.89. The van der Waals surface area contributed by atoms with Gasteiger partial charge in [-0.05, 0) is 44.9 Å². The quantitative estimate of drug-likeness (QED) is 0.785. The molecule has 3 heteroatoms. The summed E-state index contributed by atoms with van der Waals surface area (Å²) in [5.74, 6) is 0. The Morgan fingerprint density at radius 2 is 2.21 bits per heavy atom. The first-order chi connectivity index (χ1) is 6.65. The van der Waals surface area contributed by atoms with Crippen molar-refractivity contribution in [3.8, 4) is 0 Å². The molecule has 3 nitrogen and oxygen atoms in total. The van der Waals surface area contributed by atoms with Crippen LogP contribution in [0.15, 0.2) is 23.1 Å². The first-order valence-corrected chi connectivity index (χ1v) is 5.06. The molecule has 0 bridgehead atoms. The zero-order valence-corrected chi connectivity index (χ0v) is 8.86. The Morgan fingerprint density at radius 1 is 1.50 bits per heavy atom. The SMILES string of the molecule is CC(C)n1ccc(CCCN)cc1=O. The van der Waals surface area contributed by atoms with Crippen molar-refractivity contribution in [3.05, 3.63) is 34.2 Å². The summed E-state index contributed by atoms with van der Waals surface area (Å²) >= 11 is 0. The van der Waals surface area contributed by atoms with Gasteiger partial charge in [0.2, 0.25) is 0 Å². The number of aromatic nitrogens is 1. The Balaban J connectivity index is 2.84. The van der Waals surface area contributed by atoms with Crippen molar-refractivity contribution in [1.29, 1.82) is 0 Å². The standard InChI is InChI=1S/C11H18N2O/c1-9(2)13-7-5-10(4-3-6-12)8-11(13)14/h5,7-9H,3-4,6,12H2,1-2H3. The van der Waals surface area contributed by atoms with Gasteiger partial charge >= 0.3 is 0 Å². The minimum atomic E-state index is 0.0783. The lowest BCUT2D eigenvalue weighted by Gasteiger charge is -2.09. The Labute approximate surface area is 84.6 Å². The number of nitrogens with zero attached hydrogens (tertiary/aromatic N) is 1. The molecule has 0 radical (unpaired) electrons. The van der Waals surface area contributed by atoms with E-state index in [9.17, 15) is 4.79 Å². The van der Waals surface area contributed by atoms with Gasteiger partial charge < -0.3 is 10.3 Å². The molecule has 0 aliphatic rings. The molecule has 0 aliphatic heterocycles. The van der Waals surface area contributed by atoms with Crippen molar-refractivity contribution in [1.82, 2.24) is 4.57 Å². The highest BCUT2D eigenvalue weighted by molar-refractivity contribution is 5.11. The van der Waals surface area contributed by atoms with Gasteiger partial charge in [0.25, 0.3) is 5.56 Å². The molecule has 0 aromatic carbocycles. The zero-order chi connectivity index (χ0) is 10.6. The summed E-state index contributed by atoms with van der Waals surface area (Å²) in [4.78, 5) is 11.6. The summed E-state index contributed by atoms with van der Waals surface area (Å²) in [5, 5.41) is 0. The summed E-state index contributed by atoms with van der Waals surface area (Å²) in [6.07, 6.45) is 3.69. The molecule has 2 N–H and O–H groups in total. The normalized spacial score (nSPS) is 10.9. The first-order valence-electron chi connectivity index (χ1n) is 5.06. The second-order valence-corrected chi connectivity index (χ2v) is 3.77. The maximum Gasteiger partial charge on any atom is 0.251 e. The number of hydrogen-bond acceptors (Lipinski definition) is 2. The van der Waals surface area contributed by atoms with Crippen LogP contribution in [0, 0.1) is 0 Å². The van der Waals surface area contributed by atoms with Crippen LogP contribution in [-0.2, 0) is 6.42 Å². The average molecular weight is 194 g/mol. The van der Waals surface area contributed by atoms with Crippen molar-refractivity contribution in [3.63, 3.8) is 0 Å². The van der Waals surface area contributed by atoms with E-state index in [1.54, 1.807) is 10.6 Å². The van der Waals surface area contributed by atoms with Crippen LogP contribution in [0.1, 0.15) is 31.9 Å². The van der Waals surface area contributed by atoms with Gasteiger partial charge in [-0.2, -0.15) is 0 Å². The Hall–Kier alpha value is -1.09.